The Kier molecular flexibility index (Phi) is 8.23. The molecular weight excluding hydrogens is 518 g/mol. The SMILES string of the molecule is COCCN(Cc1cnc(S(=O)(=O)Cc2cccc(C)c2)n1C1CCCCC1)C(=O)c1ccc2c(c1)OCO2. The zero-order chi connectivity index (χ0) is 27.4. The minimum absolute atomic E-state index is 0.0171. The molecule has 39 heavy (non-hydrogen) atoms. The molecule has 10 heteroatoms. The van der Waals surface area contributed by atoms with Crippen molar-refractivity contribution in [1.82, 2.24) is 14.5 Å². The van der Waals surface area contributed by atoms with Crippen LogP contribution in [0.25, 0.3) is 0 Å². The highest BCUT2D eigenvalue weighted by Crippen LogP contribution is 2.35. The Hall–Kier alpha value is -3.37. The quantitative estimate of drug-likeness (QED) is 0.359. The predicted octanol–water partition coefficient (Wildman–Crippen LogP) is 4.69. The zero-order valence-electron chi connectivity index (χ0n) is 22.5. The van der Waals surface area contributed by atoms with Crippen LogP contribution in [-0.4, -0.2) is 55.8 Å². The molecule has 1 amide bonds. The lowest BCUT2D eigenvalue weighted by Crippen LogP contribution is -2.35. The van der Waals surface area contributed by atoms with Crippen molar-refractivity contribution in [3.8, 4) is 11.5 Å². The summed E-state index contributed by atoms with van der Waals surface area (Å²) in [4.78, 5) is 19.8. The molecule has 1 saturated carbocycles. The van der Waals surface area contributed by atoms with Crippen LogP contribution in [0.4, 0.5) is 0 Å². The van der Waals surface area contributed by atoms with Crippen molar-refractivity contribution in [3.05, 3.63) is 71.0 Å². The van der Waals surface area contributed by atoms with Gasteiger partial charge in [-0.25, -0.2) is 13.4 Å². The van der Waals surface area contributed by atoms with Gasteiger partial charge in [0.05, 0.1) is 30.8 Å². The topological polar surface area (TPSA) is 100.0 Å². The third-order valence-electron chi connectivity index (χ3n) is 7.32. The number of nitrogens with zero attached hydrogens (tertiary/aromatic N) is 3. The molecule has 2 aromatic carbocycles. The number of carbonyl (C=O) groups excluding carboxylic acids is 1. The second kappa shape index (κ2) is 11.8. The number of benzene rings is 2. The van der Waals surface area contributed by atoms with Gasteiger partial charge in [-0.2, -0.15) is 0 Å². The molecule has 0 saturated heterocycles. The highest BCUT2D eigenvalue weighted by Gasteiger charge is 2.30. The molecule has 2 aliphatic rings. The maximum Gasteiger partial charge on any atom is 0.254 e. The summed E-state index contributed by atoms with van der Waals surface area (Å²) >= 11 is 0. The van der Waals surface area contributed by atoms with Gasteiger partial charge >= 0.3 is 0 Å². The van der Waals surface area contributed by atoms with Gasteiger partial charge in [0.15, 0.2) is 11.5 Å². The lowest BCUT2D eigenvalue weighted by atomic mass is 9.95. The first kappa shape index (κ1) is 27.2. The summed E-state index contributed by atoms with van der Waals surface area (Å²) in [6.45, 7) is 2.96. The lowest BCUT2D eigenvalue weighted by Gasteiger charge is -2.29. The van der Waals surface area contributed by atoms with E-state index in [2.05, 4.69) is 4.98 Å². The molecule has 2 heterocycles. The first-order valence-corrected chi connectivity index (χ1v) is 15.0. The average molecular weight is 554 g/mol. The van der Waals surface area contributed by atoms with E-state index in [-0.39, 0.29) is 36.2 Å². The molecule has 0 atom stereocenters. The fourth-order valence-corrected chi connectivity index (χ4v) is 6.93. The monoisotopic (exact) mass is 553 g/mol. The van der Waals surface area contributed by atoms with Crippen molar-refractivity contribution in [3.63, 3.8) is 0 Å². The summed E-state index contributed by atoms with van der Waals surface area (Å²) in [6, 6.07) is 12.7. The van der Waals surface area contributed by atoms with Crippen LogP contribution in [0.2, 0.25) is 0 Å². The average Bonchev–Trinajstić information content (AvgIpc) is 3.58. The Labute approximate surface area is 229 Å². The minimum atomic E-state index is -3.73. The molecular formula is C29H35N3O6S. The first-order chi connectivity index (χ1) is 18.9. The van der Waals surface area contributed by atoms with Gasteiger partial charge in [-0.1, -0.05) is 49.1 Å². The van der Waals surface area contributed by atoms with Gasteiger partial charge in [0.1, 0.15) is 0 Å². The molecule has 1 aliphatic heterocycles. The summed E-state index contributed by atoms with van der Waals surface area (Å²) in [7, 11) is -2.14. The second-order valence-electron chi connectivity index (χ2n) is 10.2. The summed E-state index contributed by atoms with van der Waals surface area (Å²) in [5, 5.41) is 0.0770. The third kappa shape index (κ3) is 6.12. The minimum Gasteiger partial charge on any atom is -0.454 e. The molecule has 1 aromatic heterocycles. The summed E-state index contributed by atoms with van der Waals surface area (Å²) in [5.74, 6) is 0.811. The van der Waals surface area contributed by atoms with Crippen LogP contribution in [0.3, 0.4) is 0 Å². The van der Waals surface area contributed by atoms with E-state index in [1.54, 1.807) is 36.4 Å². The van der Waals surface area contributed by atoms with Crippen LogP contribution in [0, 0.1) is 6.92 Å². The molecule has 1 aliphatic carbocycles. The predicted molar refractivity (Wildman–Crippen MR) is 146 cm³/mol. The van der Waals surface area contributed by atoms with Gasteiger partial charge in [0.2, 0.25) is 21.8 Å². The van der Waals surface area contributed by atoms with E-state index in [9.17, 15) is 13.2 Å². The molecule has 0 bridgehead atoms. The molecule has 0 N–H and O–H groups in total. The van der Waals surface area contributed by atoms with Crippen LogP contribution in [0.5, 0.6) is 11.5 Å². The molecule has 5 rings (SSSR count). The van der Waals surface area contributed by atoms with Gasteiger partial charge < -0.3 is 23.7 Å². The fourth-order valence-electron chi connectivity index (χ4n) is 5.40. The van der Waals surface area contributed by atoms with Gasteiger partial charge in [0, 0.05) is 25.3 Å². The number of carbonyl (C=O) groups is 1. The summed E-state index contributed by atoms with van der Waals surface area (Å²) in [5.41, 5.74) is 2.91. The maximum atomic E-state index is 13.7. The number of aromatic nitrogens is 2. The number of aryl methyl sites for hydroxylation is 1. The Morgan fingerprint density at radius 2 is 1.90 bits per heavy atom. The van der Waals surface area contributed by atoms with Crippen LogP contribution in [0.1, 0.15) is 65.3 Å². The Balaban J connectivity index is 1.48. The highest BCUT2D eigenvalue weighted by molar-refractivity contribution is 7.90. The number of amides is 1. The third-order valence-corrected chi connectivity index (χ3v) is 8.89. The number of sulfone groups is 1. The van der Waals surface area contributed by atoms with Crippen LogP contribution in [-0.2, 0) is 26.9 Å². The standard InChI is InChI=1S/C29H35N3O6S/c1-21-7-6-8-22(15-21)19-39(34,35)29-30-17-25(32(29)24-9-4-3-5-10-24)18-31(13-14-36-2)28(33)23-11-12-26-27(16-23)38-20-37-26/h6-8,11-12,15-17,24H,3-5,9-10,13-14,18-20H2,1-2H3. The molecule has 3 aromatic rings. The largest absolute Gasteiger partial charge is 0.454 e. The lowest BCUT2D eigenvalue weighted by molar-refractivity contribution is 0.0673. The van der Waals surface area contributed by atoms with Crippen molar-refractivity contribution in [2.24, 2.45) is 0 Å². The zero-order valence-corrected chi connectivity index (χ0v) is 23.3. The number of hydrogen-bond acceptors (Lipinski definition) is 7. The van der Waals surface area contributed by atoms with E-state index in [0.29, 0.717) is 35.9 Å². The van der Waals surface area contributed by atoms with E-state index in [0.717, 1.165) is 43.2 Å². The normalized spacial score (nSPS) is 15.4. The van der Waals surface area contributed by atoms with Crippen LogP contribution < -0.4 is 9.47 Å². The molecule has 1 fully saturated rings. The van der Waals surface area contributed by atoms with Crippen molar-refractivity contribution in [1.29, 1.82) is 0 Å². The number of rotatable bonds is 10. The number of imidazole rings is 1. The van der Waals surface area contributed by atoms with Crippen LogP contribution in [0.15, 0.2) is 53.8 Å². The first-order valence-electron chi connectivity index (χ1n) is 13.4. The van der Waals surface area contributed by atoms with Crippen LogP contribution >= 0.6 is 0 Å². The Morgan fingerprint density at radius 3 is 2.67 bits per heavy atom. The van der Waals surface area contributed by atoms with E-state index < -0.39 is 9.84 Å². The van der Waals surface area contributed by atoms with Crippen molar-refractivity contribution < 1.29 is 27.4 Å². The van der Waals surface area contributed by atoms with Gasteiger partial charge in [-0.15, -0.1) is 0 Å². The molecule has 0 radical (unpaired) electrons. The van der Waals surface area contributed by atoms with E-state index >= 15 is 0 Å². The van der Waals surface area contributed by atoms with Gasteiger partial charge in [0.25, 0.3) is 5.91 Å². The molecule has 0 unspecified atom stereocenters. The second-order valence-corrected chi connectivity index (χ2v) is 12.1. The molecule has 208 valence electrons. The van der Waals surface area contributed by atoms with Gasteiger partial charge in [-0.05, 0) is 43.5 Å². The highest BCUT2D eigenvalue weighted by atomic mass is 32.2. The number of ether oxygens (including phenoxy) is 3. The number of fused-ring (bicyclic) bond motifs is 1. The van der Waals surface area contributed by atoms with Crippen molar-refractivity contribution in [2.45, 2.75) is 62.5 Å². The molecule has 9 nitrogen and oxygen atoms in total. The Bertz CT molecular complexity index is 1430. The van der Waals surface area contributed by atoms with E-state index in [1.165, 1.54) is 0 Å². The van der Waals surface area contributed by atoms with Crippen molar-refractivity contribution in [2.75, 3.05) is 27.1 Å². The number of methoxy groups -OCH3 is 1. The van der Waals surface area contributed by atoms with E-state index in [1.807, 2.05) is 35.8 Å². The molecule has 0 spiro atoms. The van der Waals surface area contributed by atoms with Gasteiger partial charge in [-0.3, -0.25) is 4.79 Å². The smallest absolute Gasteiger partial charge is 0.254 e. The number of hydrogen-bond donors (Lipinski definition) is 0. The maximum absolute atomic E-state index is 13.7. The Morgan fingerprint density at radius 1 is 1.10 bits per heavy atom. The fraction of sp³-hybridized carbons (Fsp3) is 0.448. The van der Waals surface area contributed by atoms with Crippen molar-refractivity contribution >= 4 is 15.7 Å². The summed E-state index contributed by atoms with van der Waals surface area (Å²) in [6.07, 6.45) is 6.57. The van der Waals surface area contributed by atoms with E-state index in [4.69, 9.17) is 14.2 Å². The summed E-state index contributed by atoms with van der Waals surface area (Å²) < 4.78 is 45.4.